The largest absolute Gasteiger partial charge is 0.497 e. The Labute approximate surface area is 206 Å². The second kappa shape index (κ2) is 9.20. The molecule has 2 aromatic heterocycles. The molecule has 0 saturated heterocycles. The Kier molecular flexibility index (Phi) is 5.95. The van der Waals surface area contributed by atoms with Gasteiger partial charge in [0.05, 0.1) is 34.5 Å². The van der Waals surface area contributed by atoms with Crippen molar-refractivity contribution in [3.63, 3.8) is 0 Å². The third-order valence-electron chi connectivity index (χ3n) is 5.07. The summed E-state index contributed by atoms with van der Waals surface area (Å²) in [6.45, 7) is 0. The normalized spacial score (nSPS) is 11.4. The molecule has 0 N–H and O–H groups in total. The van der Waals surface area contributed by atoms with Gasteiger partial charge >= 0.3 is 0 Å². The number of rotatable bonds is 5. The van der Waals surface area contributed by atoms with E-state index in [-0.39, 0.29) is 16.9 Å². The third kappa shape index (κ3) is 4.23. The average molecular weight is 534 g/mol. The van der Waals surface area contributed by atoms with E-state index in [4.69, 9.17) is 9.15 Å². The lowest BCUT2D eigenvalue weighted by molar-refractivity contribution is 0.0988. The molecule has 0 saturated carbocycles. The van der Waals surface area contributed by atoms with E-state index in [1.807, 2.05) is 12.1 Å². The highest BCUT2D eigenvalue weighted by Gasteiger charge is 2.21. The molecule has 0 spiro atoms. The highest BCUT2D eigenvalue weighted by Crippen LogP contribution is 2.32. The van der Waals surface area contributed by atoms with Crippen LogP contribution in [0.5, 0.6) is 5.75 Å². The molecule has 34 heavy (non-hydrogen) atoms. The molecular weight excluding hydrogens is 518 g/mol. The van der Waals surface area contributed by atoms with E-state index in [0.29, 0.717) is 32.9 Å². The lowest BCUT2D eigenvalue weighted by Crippen LogP contribution is -2.26. The Bertz CT molecular complexity index is 1610. The van der Waals surface area contributed by atoms with E-state index in [1.54, 1.807) is 61.7 Å². The fourth-order valence-electron chi connectivity index (χ4n) is 3.32. The summed E-state index contributed by atoms with van der Waals surface area (Å²) >= 11 is 4.67. The minimum Gasteiger partial charge on any atom is -0.497 e. The SMILES string of the molecule is COc1ccc2nc(N(/N=C/c3coc4ccccc4c3=O)C(=O)c3ccc(Br)cc3)sc2c1. The number of fused-ring (bicyclic) bond motifs is 2. The Hall–Kier alpha value is -3.82. The molecule has 0 fully saturated rings. The van der Waals surface area contributed by atoms with Crippen LogP contribution < -0.4 is 15.2 Å². The smallest absolute Gasteiger partial charge is 0.280 e. The first kappa shape index (κ1) is 22.0. The van der Waals surface area contributed by atoms with Crippen molar-refractivity contribution in [2.75, 3.05) is 12.1 Å². The lowest BCUT2D eigenvalue weighted by atomic mass is 10.2. The van der Waals surface area contributed by atoms with E-state index in [9.17, 15) is 9.59 Å². The maximum absolute atomic E-state index is 13.4. The van der Waals surface area contributed by atoms with Crippen molar-refractivity contribution in [3.05, 3.63) is 98.8 Å². The maximum atomic E-state index is 13.4. The fraction of sp³-hybridized carbons (Fsp3) is 0.0400. The van der Waals surface area contributed by atoms with Crippen LogP contribution >= 0.6 is 27.3 Å². The van der Waals surface area contributed by atoms with Gasteiger partial charge in [-0.15, -0.1) is 0 Å². The van der Waals surface area contributed by atoms with Gasteiger partial charge in [0.25, 0.3) is 5.91 Å². The number of methoxy groups -OCH3 is 1. The van der Waals surface area contributed by atoms with Gasteiger partial charge in [-0.25, -0.2) is 4.98 Å². The predicted molar refractivity (Wildman–Crippen MR) is 137 cm³/mol. The van der Waals surface area contributed by atoms with Gasteiger partial charge in [0, 0.05) is 10.0 Å². The molecule has 0 atom stereocenters. The van der Waals surface area contributed by atoms with Crippen molar-refractivity contribution in [1.82, 2.24) is 4.98 Å². The number of anilines is 1. The number of amides is 1. The van der Waals surface area contributed by atoms with Crippen LogP contribution in [-0.2, 0) is 0 Å². The second-order valence-corrected chi connectivity index (χ2v) is 9.14. The van der Waals surface area contributed by atoms with Gasteiger partial charge in [0.1, 0.15) is 17.6 Å². The number of benzene rings is 3. The zero-order valence-corrected chi connectivity index (χ0v) is 20.2. The summed E-state index contributed by atoms with van der Waals surface area (Å²) in [5, 5.41) is 6.36. The summed E-state index contributed by atoms with van der Waals surface area (Å²) in [7, 11) is 1.59. The van der Waals surface area contributed by atoms with E-state index in [0.717, 1.165) is 9.17 Å². The molecule has 0 unspecified atom stereocenters. The van der Waals surface area contributed by atoms with E-state index in [2.05, 4.69) is 26.0 Å². The first-order valence-electron chi connectivity index (χ1n) is 10.1. The summed E-state index contributed by atoms with van der Waals surface area (Å²) in [5.74, 6) is 0.297. The number of hydrogen-bond donors (Lipinski definition) is 0. The molecule has 5 rings (SSSR count). The van der Waals surface area contributed by atoms with E-state index in [1.165, 1.54) is 28.8 Å². The molecule has 3 aromatic carbocycles. The van der Waals surface area contributed by atoms with Crippen molar-refractivity contribution in [1.29, 1.82) is 0 Å². The molecule has 0 bridgehead atoms. The van der Waals surface area contributed by atoms with Gasteiger partial charge in [0.15, 0.2) is 0 Å². The molecule has 168 valence electrons. The highest BCUT2D eigenvalue weighted by molar-refractivity contribution is 9.10. The van der Waals surface area contributed by atoms with Crippen LogP contribution in [0.4, 0.5) is 5.13 Å². The molecule has 0 aliphatic rings. The minimum absolute atomic E-state index is 0.218. The van der Waals surface area contributed by atoms with Crippen molar-refractivity contribution in [3.8, 4) is 5.75 Å². The van der Waals surface area contributed by atoms with Crippen LogP contribution in [0.1, 0.15) is 15.9 Å². The summed E-state index contributed by atoms with van der Waals surface area (Å²) in [6.07, 6.45) is 2.65. The van der Waals surface area contributed by atoms with Gasteiger partial charge in [-0.2, -0.15) is 10.1 Å². The zero-order chi connectivity index (χ0) is 23.7. The molecule has 2 heterocycles. The molecule has 0 aliphatic carbocycles. The standard InChI is InChI=1S/C25H16BrN3O4S/c1-32-18-10-11-20-22(12-18)34-25(28-20)29(24(31)15-6-8-17(26)9-7-15)27-13-16-14-33-21-5-3-2-4-19(21)23(16)30/h2-14H,1H3/b27-13+. The van der Waals surface area contributed by atoms with Crippen molar-refractivity contribution in [2.24, 2.45) is 5.10 Å². The predicted octanol–water partition coefficient (Wildman–Crippen LogP) is 5.85. The summed E-state index contributed by atoms with van der Waals surface area (Å²) < 4.78 is 12.5. The molecule has 0 aliphatic heterocycles. The molecule has 7 nitrogen and oxygen atoms in total. The van der Waals surface area contributed by atoms with Crippen LogP contribution in [-0.4, -0.2) is 24.2 Å². The second-order valence-electron chi connectivity index (χ2n) is 7.21. The topological polar surface area (TPSA) is 85.0 Å². The number of hydrogen-bond acceptors (Lipinski definition) is 7. The first-order chi connectivity index (χ1) is 16.5. The van der Waals surface area contributed by atoms with Crippen molar-refractivity contribution in [2.45, 2.75) is 0 Å². The Morgan fingerprint density at radius 1 is 1.15 bits per heavy atom. The highest BCUT2D eigenvalue weighted by atomic mass is 79.9. The monoisotopic (exact) mass is 533 g/mol. The van der Waals surface area contributed by atoms with Crippen LogP contribution in [0.2, 0.25) is 0 Å². The Morgan fingerprint density at radius 3 is 2.74 bits per heavy atom. The maximum Gasteiger partial charge on any atom is 0.280 e. The number of para-hydroxylation sites is 1. The Morgan fingerprint density at radius 2 is 1.94 bits per heavy atom. The number of ether oxygens (including phenoxy) is 1. The van der Waals surface area contributed by atoms with E-state index >= 15 is 0 Å². The molecular formula is C25H16BrN3O4S. The van der Waals surface area contributed by atoms with Gasteiger partial charge in [0.2, 0.25) is 10.6 Å². The van der Waals surface area contributed by atoms with Crippen LogP contribution in [0, 0.1) is 0 Å². The van der Waals surface area contributed by atoms with Crippen molar-refractivity contribution < 1.29 is 13.9 Å². The summed E-state index contributed by atoms with van der Waals surface area (Å²) in [5.41, 5.74) is 1.58. The van der Waals surface area contributed by atoms with E-state index < -0.39 is 0 Å². The number of aromatic nitrogens is 1. The zero-order valence-electron chi connectivity index (χ0n) is 17.8. The van der Waals surface area contributed by atoms with Crippen molar-refractivity contribution >= 4 is 65.7 Å². The third-order valence-corrected chi connectivity index (χ3v) is 6.59. The molecule has 9 heteroatoms. The molecule has 0 radical (unpaired) electrons. The van der Waals surface area contributed by atoms with Gasteiger partial charge in [-0.3, -0.25) is 9.59 Å². The lowest BCUT2D eigenvalue weighted by Gasteiger charge is -2.13. The number of carbonyl (C=O) groups excluding carboxylic acids is 1. The van der Waals surface area contributed by atoms with Gasteiger partial charge in [-0.1, -0.05) is 39.4 Å². The molecule has 5 aromatic rings. The van der Waals surface area contributed by atoms with Crippen LogP contribution in [0.15, 0.2) is 91.8 Å². The van der Waals surface area contributed by atoms with Crippen LogP contribution in [0.3, 0.4) is 0 Å². The van der Waals surface area contributed by atoms with Gasteiger partial charge < -0.3 is 9.15 Å². The Balaban J connectivity index is 1.59. The minimum atomic E-state index is -0.389. The number of thiazole rings is 1. The number of halogens is 1. The number of nitrogens with zero attached hydrogens (tertiary/aromatic N) is 3. The van der Waals surface area contributed by atoms with Gasteiger partial charge in [-0.05, 0) is 54.6 Å². The first-order valence-corrected chi connectivity index (χ1v) is 11.7. The summed E-state index contributed by atoms with van der Waals surface area (Å²) in [4.78, 5) is 30.9. The van der Waals surface area contributed by atoms with Crippen LogP contribution in [0.25, 0.3) is 21.2 Å². The fourth-order valence-corrected chi connectivity index (χ4v) is 4.53. The number of carbonyl (C=O) groups is 1. The quantitative estimate of drug-likeness (QED) is 0.209. The molecule has 1 amide bonds. The number of hydrazone groups is 1. The average Bonchev–Trinajstić information content (AvgIpc) is 3.28. The summed E-state index contributed by atoms with van der Waals surface area (Å²) in [6, 6.07) is 19.4.